The van der Waals surface area contributed by atoms with E-state index in [0.717, 1.165) is 40.3 Å². The molecule has 1 aliphatic rings. The molecule has 1 heterocycles. The molecule has 210 valence electrons. The first-order chi connectivity index (χ1) is 18.2. The summed E-state index contributed by atoms with van der Waals surface area (Å²) in [5.74, 6) is -2.96. The molecule has 0 atom stereocenters. The normalized spacial score (nSPS) is 12.6. The molecule has 8 nitrogen and oxygen atoms in total. The van der Waals surface area contributed by atoms with Gasteiger partial charge in [-0.1, -0.05) is 12.1 Å². The van der Waals surface area contributed by atoms with E-state index in [1.807, 2.05) is 29.2 Å². The Bertz CT molecular complexity index is 1320. The summed E-state index contributed by atoms with van der Waals surface area (Å²) in [6, 6.07) is 16.9. The first kappa shape index (κ1) is 31.6. The van der Waals surface area contributed by atoms with E-state index < -0.39 is 50.0 Å². The molecule has 0 unspecified atom stereocenters. The van der Waals surface area contributed by atoms with Gasteiger partial charge in [0, 0.05) is 26.0 Å². The Hall–Kier alpha value is -3.63. The molecule has 1 N–H and O–H groups in total. The molecule has 0 spiro atoms. The predicted molar refractivity (Wildman–Crippen MR) is 139 cm³/mol. The van der Waals surface area contributed by atoms with Gasteiger partial charge >= 0.3 is 78.8 Å². The number of amides is 2. The molecule has 0 saturated carbocycles. The number of anilines is 2. The SMILES string of the molecule is CC(=O)N(O)c1cccc(F)c1.CC(=O)N(OC(F)(F)F)c1cccc(F)c1.CI1OC(=O)c2ccccc21. The monoisotopic (exact) mass is 668 g/mol. The van der Waals surface area contributed by atoms with Gasteiger partial charge in [0.2, 0.25) is 11.8 Å². The zero-order valence-corrected chi connectivity index (χ0v) is 22.7. The molecule has 0 radical (unpaired) electrons. The molecular weight excluding hydrogens is 646 g/mol. The molecule has 3 aromatic rings. The number of rotatable bonds is 3. The zero-order valence-electron chi connectivity index (χ0n) is 20.6. The molecule has 2 amide bonds. The zero-order chi connectivity index (χ0) is 29.3. The number of hydrogen-bond donors (Lipinski definition) is 1. The fraction of sp³-hybridized carbons (Fsp3) is 0.160. The van der Waals surface area contributed by atoms with Gasteiger partial charge < -0.3 is 0 Å². The Morgan fingerprint density at radius 3 is 1.90 bits per heavy atom. The van der Waals surface area contributed by atoms with E-state index in [9.17, 15) is 36.3 Å². The summed E-state index contributed by atoms with van der Waals surface area (Å²) < 4.78 is 67.4. The van der Waals surface area contributed by atoms with Crippen molar-refractivity contribution in [3.8, 4) is 0 Å². The van der Waals surface area contributed by atoms with E-state index in [2.05, 4.69) is 4.84 Å². The quantitative estimate of drug-likeness (QED) is 0.116. The van der Waals surface area contributed by atoms with Crippen LogP contribution in [-0.4, -0.2) is 34.3 Å². The summed E-state index contributed by atoms with van der Waals surface area (Å²) >= 11 is -1.52. The standard InChI is InChI=1S/C9H7F4NO2.C8H8FNO2.C8H7IO2/c1-6(15)14(16-9(11,12)13)8-4-2-3-7(10)5-8;1-6(11)10(12)8-4-2-3-7(9)5-8;1-9-7-5-3-2-4-6(7)8(10)11-9/h2-5H,1H3;2-5,12H,1H3;2-5H,1H3. The summed E-state index contributed by atoms with van der Waals surface area (Å²) in [7, 11) is 0. The van der Waals surface area contributed by atoms with E-state index in [0.29, 0.717) is 5.06 Å². The minimum atomic E-state index is -5.02. The van der Waals surface area contributed by atoms with Gasteiger partial charge in [-0.05, 0) is 24.3 Å². The first-order valence-corrected chi connectivity index (χ1v) is 14.8. The van der Waals surface area contributed by atoms with Gasteiger partial charge in [0.05, 0.1) is 11.4 Å². The maximum absolute atomic E-state index is 12.7. The van der Waals surface area contributed by atoms with Crippen LogP contribution in [0, 0.1) is 15.2 Å². The fourth-order valence-electron chi connectivity index (χ4n) is 2.84. The van der Waals surface area contributed by atoms with E-state index >= 15 is 0 Å². The average molecular weight is 668 g/mol. The Morgan fingerprint density at radius 1 is 0.872 bits per heavy atom. The number of alkyl halides is 4. The Kier molecular flexibility index (Phi) is 11.3. The number of hydroxylamine groups is 2. The van der Waals surface area contributed by atoms with Crippen LogP contribution in [0.25, 0.3) is 0 Å². The van der Waals surface area contributed by atoms with E-state index in [1.54, 1.807) is 0 Å². The van der Waals surface area contributed by atoms with Crippen molar-refractivity contribution in [1.29, 1.82) is 0 Å². The van der Waals surface area contributed by atoms with Crippen LogP contribution in [0.3, 0.4) is 0 Å². The molecule has 0 aliphatic carbocycles. The molecule has 3 aromatic carbocycles. The van der Waals surface area contributed by atoms with Crippen LogP contribution in [0.4, 0.5) is 33.3 Å². The van der Waals surface area contributed by atoms with Crippen LogP contribution in [0.5, 0.6) is 0 Å². The van der Waals surface area contributed by atoms with Gasteiger partial charge in [0.15, 0.2) is 0 Å². The van der Waals surface area contributed by atoms with Crippen molar-refractivity contribution >= 4 is 49.4 Å². The molecule has 4 rings (SSSR count). The van der Waals surface area contributed by atoms with Crippen molar-refractivity contribution in [1.82, 2.24) is 0 Å². The second-order valence-corrected chi connectivity index (χ2v) is 11.4. The third kappa shape index (κ3) is 9.88. The van der Waals surface area contributed by atoms with E-state index in [-0.39, 0.29) is 22.4 Å². The Balaban J connectivity index is 0.000000209. The third-order valence-corrected chi connectivity index (χ3v) is 8.08. The van der Waals surface area contributed by atoms with Crippen LogP contribution in [0.2, 0.25) is 0 Å². The van der Waals surface area contributed by atoms with Gasteiger partial charge in [-0.25, -0.2) is 8.78 Å². The van der Waals surface area contributed by atoms with Crippen LogP contribution in [0.1, 0.15) is 24.2 Å². The molecule has 0 fully saturated rings. The van der Waals surface area contributed by atoms with Gasteiger partial charge in [-0.2, -0.15) is 15.0 Å². The van der Waals surface area contributed by atoms with Crippen molar-refractivity contribution in [3.63, 3.8) is 0 Å². The van der Waals surface area contributed by atoms with Gasteiger partial charge in [-0.3, -0.25) is 14.8 Å². The van der Waals surface area contributed by atoms with Gasteiger partial charge in [0.25, 0.3) is 0 Å². The summed E-state index contributed by atoms with van der Waals surface area (Å²) in [6.07, 6.45) is -5.02. The summed E-state index contributed by atoms with van der Waals surface area (Å²) in [5.41, 5.74) is 0.576. The number of hydrogen-bond acceptors (Lipinski definition) is 6. The second-order valence-electron chi connectivity index (χ2n) is 7.41. The van der Waals surface area contributed by atoms with Crippen molar-refractivity contribution < 1.29 is 49.4 Å². The third-order valence-electron chi connectivity index (χ3n) is 4.44. The van der Waals surface area contributed by atoms with Crippen LogP contribution in [-0.2, 0) is 17.5 Å². The van der Waals surface area contributed by atoms with Crippen molar-refractivity contribution in [2.75, 3.05) is 15.1 Å². The first-order valence-electron chi connectivity index (χ1n) is 10.7. The molecular formula is C25H22F5IN2O6. The Labute approximate surface area is 227 Å². The van der Waals surface area contributed by atoms with Gasteiger partial charge in [0.1, 0.15) is 11.6 Å². The van der Waals surface area contributed by atoms with Crippen molar-refractivity contribution in [3.05, 3.63) is 93.6 Å². The molecule has 0 aromatic heterocycles. The number of nitrogens with zero attached hydrogens (tertiary/aromatic N) is 2. The predicted octanol–water partition coefficient (Wildman–Crippen LogP) is 6.28. The maximum atomic E-state index is 12.7. The number of carbonyl (C=O) groups excluding carboxylic acids is 3. The molecule has 0 saturated heterocycles. The number of fused-ring (bicyclic) bond motifs is 1. The van der Waals surface area contributed by atoms with Gasteiger partial charge in [-0.15, -0.1) is 13.2 Å². The summed E-state index contributed by atoms with van der Waals surface area (Å²) in [6.45, 7) is 2.06. The number of halogens is 6. The van der Waals surface area contributed by atoms with Crippen molar-refractivity contribution in [2.45, 2.75) is 20.2 Å². The van der Waals surface area contributed by atoms with Crippen LogP contribution < -0.4 is 10.1 Å². The summed E-state index contributed by atoms with van der Waals surface area (Å²) in [5, 5.41) is 9.41. The molecule has 39 heavy (non-hydrogen) atoms. The van der Waals surface area contributed by atoms with Crippen molar-refractivity contribution in [2.24, 2.45) is 0 Å². The minimum absolute atomic E-state index is 0.0247. The average Bonchev–Trinajstić information content (AvgIpc) is 3.15. The van der Waals surface area contributed by atoms with Crippen LogP contribution >= 0.6 is 20.2 Å². The van der Waals surface area contributed by atoms with E-state index in [1.165, 1.54) is 31.2 Å². The summed E-state index contributed by atoms with van der Waals surface area (Å²) in [4.78, 5) is 38.1. The second kappa shape index (κ2) is 14.0. The molecule has 1 aliphatic heterocycles. The topological polar surface area (TPSA) is 96.4 Å². The molecule has 14 heteroatoms. The van der Waals surface area contributed by atoms with E-state index in [4.69, 9.17) is 8.27 Å². The number of benzene rings is 3. The fourth-order valence-corrected chi connectivity index (χ4v) is 5.85. The molecule has 0 bridgehead atoms. The number of carbonyl (C=O) groups is 3. The Morgan fingerprint density at radius 2 is 1.41 bits per heavy atom. The van der Waals surface area contributed by atoms with Crippen LogP contribution in [0.15, 0.2) is 72.8 Å².